The third kappa shape index (κ3) is 3.89. The lowest BCUT2D eigenvalue weighted by molar-refractivity contribution is -0.385. The quantitative estimate of drug-likeness (QED) is 0.520. The molecule has 1 heterocycles. The molecule has 0 aliphatic rings. The summed E-state index contributed by atoms with van der Waals surface area (Å²) >= 11 is 0. The molecule has 0 radical (unpaired) electrons. The van der Waals surface area contributed by atoms with E-state index in [0.29, 0.717) is 17.1 Å². The summed E-state index contributed by atoms with van der Waals surface area (Å²) in [5.41, 5.74) is 0.797. The number of nitrogens with zero attached hydrogens (tertiary/aromatic N) is 2. The summed E-state index contributed by atoms with van der Waals surface area (Å²) in [6.07, 6.45) is 4.08. The van der Waals surface area contributed by atoms with Gasteiger partial charge in [0.1, 0.15) is 0 Å². The molecule has 0 spiro atoms. The van der Waals surface area contributed by atoms with Crippen LogP contribution < -0.4 is 10.1 Å². The molecule has 0 fully saturated rings. The monoisotopic (exact) mass is 299 g/mol. The fraction of sp³-hybridized carbons (Fsp3) is 0.0667. The van der Waals surface area contributed by atoms with Crippen molar-refractivity contribution in [2.75, 3.05) is 12.4 Å². The molecule has 0 aliphatic heterocycles. The van der Waals surface area contributed by atoms with Gasteiger partial charge in [0.05, 0.1) is 29.5 Å². The van der Waals surface area contributed by atoms with Gasteiger partial charge in [-0.3, -0.25) is 14.9 Å². The maximum Gasteiger partial charge on any atom is 0.276 e. The Labute approximate surface area is 126 Å². The van der Waals surface area contributed by atoms with Crippen LogP contribution in [0.5, 0.6) is 5.88 Å². The molecule has 0 aliphatic carbocycles. The van der Waals surface area contributed by atoms with Gasteiger partial charge in [-0.2, -0.15) is 0 Å². The molecule has 0 atom stereocenters. The van der Waals surface area contributed by atoms with E-state index < -0.39 is 10.8 Å². The second kappa shape index (κ2) is 6.98. The van der Waals surface area contributed by atoms with Gasteiger partial charge in [0.2, 0.25) is 11.8 Å². The van der Waals surface area contributed by atoms with Crippen molar-refractivity contribution in [1.82, 2.24) is 4.98 Å². The molecule has 7 heteroatoms. The highest BCUT2D eigenvalue weighted by Gasteiger charge is 2.09. The Balaban J connectivity index is 2.06. The minimum Gasteiger partial charge on any atom is -0.481 e. The highest BCUT2D eigenvalue weighted by atomic mass is 16.6. The van der Waals surface area contributed by atoms with E-state index in [1.54, 1.807) is 30.3 Å². The normalized spacial score (nSPS) is 10.4. The Kier molecular flexibility index (Phi) is 4.81. The molecule has 1 amide bonds. The van der Waals surface area contributed by atoms with Crippen LogP contribution in [-0.2, 0) is 4.79 Å². The zero-order chi connectivity index (χ0) is 15.9. The number of benzene rings is 1. The number of methoxy groups -OCH3 is 1. The lowest BCUT2D eigenvalue weighted by Gasteiger charge is -2.03. The zero-order valence-corrected chi connectivity index (χ0v) is 11.7. The molecule has 0 saturated carbocycles. The van der Waals surface area contributed by atoms with Gasteiger partial charge in [0.25, 0.3) is 5.69 Å². The second-order valence-electron chi connectivity index (χ2n) is 4.23. The number of aromatic nitrogens is 1. The summed E-state index contributed by atoms with van der Waals surface area (Å²) in [7, 11) is 1.50. The first-order valence-electron chi connectivity index (χ1n) is 6.32. The number of nitrogens with one attached hydrogen (secondary N) is 1. The first-order chi connectivity index (χ1) is 10.6. The van der Waals surface area contributed by atoms with Crippen LogP contribution >= 0.6 is 0 Å². The van der Waals surface area contributed by atoms with Crippen LogP contribution in [0, 0.1) is 10.1 Å². The minimum atomic E-state index is -0.495. The van der Waals surface area contributed by atoms with Gasteiger partial charge in [-0.1, -0.05) is 12.1 Å². The highest BCUT2D eigenvalue weighted by Crippen LogP contribution is 2.19. The molecule has 7 nitrogen and oxygen atoms in total. The number of carbonyl (C=O) groups is 1. The number of hydrogen-bond donors (Lipinski definition) is 1. The van der Waals surface area contributed by atoms with Crippen molar-refractivity contribution in [3.8, 4) is 5.88 Å². The van der Waals surface area contributed by atoms with Crippen molar-refractivity contribution in [3.05, 3.63) is 64.3 Å². The number of hydrogen-bond acceptors (Lipinski definition) is 5. The first-order valence-corrected chi connectivity index (χ1v) is 6.32. The lowest BCUT2D eigenvalue weighted by atomic mass is 10.1. The molecule has 22 heavy (non-hydrogen) atoms. The van der Waals surface area contributed by atoms with Crippen LogP contribution in [0.2, 0.25) is 0 Å². The van der Waals surface area contributed by atoms with E-state index in [9.17, 15) is 14.9 Å². The summed E-state index contributed by atoms with van der Waals surface area (Å²) < 4.78 is 4.91. The topological polar surface area (TPSA) is 94.4 Å². The minimum absolute atomic E-state index is 0.0577. The van der Waals surface area contributed by atoms with Crippen molar-refractivity contribution in [2.24, 2.45) is 0 Å². The van der Waals surface area contributed by atoms with Gasteiger partial charge in [-0.15, -0.1) is 0 Å². The standard InChI is InChI=1S/C15H13N3O4/c1-22-15-9-7-12(10-16-15)17-14(19)8-6-11-4-2-3-5-13(11)18(20)21/h2-10H,1H3,(H,17,19)/b8-6+. The van der Waals surface area contributed by atoms with Gasteiger partial charge in [0, 0.05) is 18.2 Å². The average molecular weight is 299 g/mol. The SMILES string of the molecule is COc1ccc(NC(=O)/C=C/c2ccccc2[N+](=O)[O-])cn1. The molecule has 0 unspecified atom stereocenters. The van der Waals surface area contributed by atoms with Crippen LogP contribution in [0.4, 0.5) is 11.4 Å². The Morgan fingerprint density at radius 2 is 2.09 bits per heavy atom. The van der Waals surface area contributed by atoms with Crippen LogP contribution in [0.1, 0.15) is 5.56 Å². The number of nitro benzene ring substituents is 1. The number of rotatable bonds is 5. The molecular weight excluding hydrogens is 286 g/mol. The smallest absolute Gasteiger partial charge is 0.276 e. The molecule has 2 aromatic rings. The van der Waals surface area contributed by atoms with E-state index in [1.807, 2.05) is 0 Å². The number of anilines is 1. The molecule has 1 N–H and O–H groups in total. The van der Waals surface area contributed by atoms with Crippen molar-refractivity contribution >= 4 is 23.4 Å². The summed E-state index contributed by atoms with van der Waals surface area (Å²) in [5, 5.41) is 13.5. The predicted octanol–water partition coefficient (Wildman–Crippen LogP) is 2.65. The van der Waals surface area contributed by atoms with Crippen molar-refractivity contribution < 1.29 is 14.5 Å². The Bertz CT molecular complexity index is 711. The lowest BCUT2D eigenvalue weighted by Crippen LogP contribution is -2.08. The maximum atomic E-state index is 11.8. The van der Waals surface area contributed by atoms with Gasteiger partial charge >= 0.3 is 0 Å². The summed E-state index contributed by atoms with van der Waals surface area (Å²) in [6.45, 7) is 0. The average Bonchev–Trinajstić information content (AvgIpc) is 2.54. The molecule has 0 bridgehead atoms. The fourth-order valence-electron chi connectivity index (χ4n) is 1.72. The van der Waals surface area contributed by atoms with E-state index >= 15 is 0 Å². The predicted molar refractivity (Wildman–Crippen MR) is 81.5 cm³/mol. The van der Waals surface area contributed by atoms with E-state index in [-0.39, 0.29) is 5.69 Å². The Morgan fingerprint density at radius 1 is 1.32 bits per heavy atom. The third-order valence-electron chi connectivity index (χ3n) is 2.76. The number of ether oxygens (including phenoxy) is 1. The molecule has 1 aromatic heterocycles. The summed E-state index contributed by atoms with van der Waals surface area (Å²) in [5.74, 6) is 0.0265. The van der Waals surface area contributed by atoms with E-state index in [1.165, 1.54) is 31.5 Å². The summed E-state index contributed by atoms with van der Waals surface area (Å²) in [6, 6.07) is 9.43. The summed E-state index contributed by atoms with van der Waals surface area (Å²) in [4.78, 5) is 26.1. The molecular formula is C15H13N3O4. The largest absolute Gasteiger partial charge is 0.481 e. The fourth-order valence-corrected chi connectivity index (χ4v) is 1.72. The zero-order valence-electron chi connectivity index (χ0n) is 11.7. The van der Waals surface area contributed by atoms with Gasteiger partial charge in [-0.25, -0.2) is 4.98 Å². The number of amides is 1. The van der Waals surface area contributed by atoms with Crippen LogP contribution in [0.3, 0.4) is 0 Å². The van der Waals surface area contributed by atoms with E-state index in [4.69, 9.17) is 4.74 Å². The Morgan fingerprint density at radius 3 is 2.73 bits per heavy atom. The van der Waals surface area contributed by atoms with Crippen LogP contribution in [-0.4, -0.2) is 22.9 Å². The van der Waals surface area contributed by atoms with Crippen molar-refractivity contribution in [3.63, 3.8) is 0 Å². The van der Waals surface area contributed by atoms with Gasteiger partial charge < -0.3 is 10.1 Å². The van der Waals surface area contributed by atoms with E-state index in [0.717, 1.165) is 0 Å². The van der Waals surface area contributed by atoms with E-state index in [2.05, 4.69) is 10.3 Å². The number of nitro groups is 1. The molecule has 2 rings (SSSR count). The van der Waals surface area contributed by atoms with Crippen molar-refractivity contribution in [1.29, 1.82) is 0 Å². The molecule has 0 saturated heterocycles. The van der Waals surface area contributed by atoms with Gasteiger partial charge in [-0.05, 0) is 18.2 Å². The van der Waals surface area contributed by atoms with Crippen molar-refractivity contribution in [2.45, 2.75) is 0 Å². The third-order valence-corrected chi connectivity index (χ3v) is 2.76. The molecule has 112 valence electrons. The molecule has 1 aromatic carbocycles. The van der Waals surface area contributed by atoms with Crippen LogP contribution in [0.25, 0.3) is 6.08 Å². The maximum absolute atomic E-state index is 11.8. The van der Waals surface area contributed by atoms with Crippen LogP contribution in [0.15, 0.2) is 48.7 Å². The highest BCUT2D eigenvalue weighted by molar-refractivity contribution is 6.02. The Hall–Kier alpha value is -3.22. The second-order valence-corrected chi connectivity index (χ2v) is 4.23. The number of para-hydroxylation sites is 1. The van der Waals surface area contributed by atoms with Gasteiger partial charge in [0.15, 0.2) is 0 Å². The first kappa shape index (κ1) is 15.2. The number of pyridine rings is 1. The number of carbonyl (C=O) groups excluding carboxylic acids is 1.